The van der Waals surface area contributed by atoms with E-state index in [9.17, 15) is 29.6 Å². The minimum Gasteiger partial charge on any atom is -0.461 e. The van der Waals surface area contributed by atoms with Crippen LogP contribution < -0.4 is 10.1 Å². The minimum atomic E-state index is -1.94. The SMILES string of the molecule is CNC(=O)c1cc(F)cc(-c2ccc(O[C@H]3O[C@H](CO)[C@@H](O)[C@H](O)[C@@]3(C)O)c(C)c2)c1. The molecule has 1 aliphatic heterocycles. The molecule has 168 valence electrons. The Bertz CT molecular complexity index is 965. The normalized spacial score (nSPS) is 28.3. The highest BCUT2D eigenvalue weighted by Gasteiger charge is 2.53. The highest BCUT2D eigenvalue weighted by molar-refractivity contribution is 5.95. The molecule has 31 heavy (non-hydrogen) atoms. The molecule has 0 unspecified atom stereocenters. The van der Waals surface area contributed by atoms with Crippen molar-refractivity contribution in [2.24, 2.45) is 0 Å². The number of benzene rings is 2. The van der Waals surface area contributed by atoms with Crippen molar-refractivity contribution in [2.45, 2.75) is 44.1 Å². The maximum Gasteiger partial charge on any atom is 0.251 e. The summed E-state index contributed by atoms with van der Waals surface area (Å²) in [7, 11) is 1.46. The zero-order valence-electron chi connectivity index (χ0n) is 17.4. The van der Waals surface area contributed by atoms with Gasteiger partial charge in [0, 0.05) is 12.6 Å². The lowest BCUT2D eigenvalue weighted by atomic mass is 9.88. The van der Waals surface area contributed by atoms with E-state index < -0.39 is 48.5 Å². The number of aliphatic hydroxyl groups is 4. The lowest BCUT2D eigenvalue weighted by molar-refractivity contribution is -0.314. The number of ether oxygens (including phenoxy) is 2. The summed E-state index contributed by atoms with van der Waals surface area (Å²) in [6.45, 7) is 2.42. The fourth-order valence-corrected chi connectivity index (χ4v) is 3.47. The third kappa shape index (κ3) is 4.56. The highest BCUT2D eigenvalue weighted by Crippen LogP contribution is 2.34. The van der Waals surface area contributed by atoms with Gasteiger partial charge in [-0.05, 0) is 60.9 Å². The van der Waals surface area contributed by atoms with Crippen LogP contribution in [0.2, 0.25) is 0 Å². The van der Waals surface area contributed by atoms with E-state index in [0.717, 1.165) is 6.07 Å². The molecule has 0 saturated carbocycles. The molecule has 0 radical (unpaired) electrons. The van der Waals surface area contributed by atoms with Crippen molar-refractivity contribution in [3.8, 4) is 16.9 Å². The minimum absolute atomic E-state index is 0.185. The number of hydrogen-bond acceptors (Lipinski definition) is 7. The zero-order valence-corrected chi connectivity index (χ0v) is 17.4. The number of carbonyl (C=O) groups excluding carboxylic acids is 1. The van der Waals surface area contributed by atoms with Crippen LogP contribution in [-0.2, 0) is 4.74 Å². The van der Waals surface area contributed by atoms with Crippen LogP contribution in [0, 0.1) is 12.7 Å². The summed E-state index contributed by atoms with van der Waals surface area (Å²) < 4.78 is 25.2. The van der Waals surface area contributed by atoms with Crippen LogP contribution in [0.15, 0.2) is 36.4 Å². The molecular formula is C22H26FNO7. The van der Waals surface area contributed by atoms with E-state index in [4.69, 9.17) is 9.47 Å². The van der Waals surface area contributed by atoms with E-state index in [-0.39, 0.29) is 5.56 Å². The van der Waals surface area contributed by atoms with Crippen molar-refractivity contribution in [3.63, 3.8) is 0 Å². The van der Waals surface area contributed by atoms with Gasteiger partial charge in [-0.2, -0.15) is 0 Å². The van der Waals surface area contributed by atoms with E-state index in [1.165, 1.54) is 20.0 Å². The highest BCUT2D eigenvalue weighted by atomic mass is 19.1. The van der Waals surface area contributed by atoms with Gasteiger partial charge in [0.1, 0.15) is 29.9 Å². The summed E-state index contributed by atoms with van der Waals surface area (Å²) in [5, 5.41) is 42.6. The molecular weight excluding hydrogens is 409 g/mol. The molecule has 0 aliphatic carbocycles. The molecule has 0 bridgehead atoms. The van der Waals surface area contributed by atoms with E-state index in [1.807, 2.05) is 0 Å². The molecule has 1 saturated heterocycles. The maximum atomic E-state index is 14.0. The average molecular weight is 435 g/mol. The Hall–Kier alpha value is -2.56. The Balaban J connectivity index is 1.88. The van der Waals surface area contributed by atoms with Crippen LogP contribution in [0.5, 0.6) is 5.75 Å². The first-order chi connectivity index (χ1) is 14.6. The molecule has 0 aromatic heterocycles. The lowest BCUT2D eigenvalue weighted by Gasteiger charge is -2.45. The van der Waals surface area contributed by atoms with Gasteiger partial charge in [0.15, 0.2) is 5.60 Å². The van der Waals surface area contributed by atoms with E-state index >= 15 is 0 Å². The number of nitrogens with one attached hydrogen (secondary N) is 1. The van der Waals surface area contributed by atoms with Gasteiger partial charge in [0.2, 0.25) is 6.29 Å². The number of amides is 1. The van der Waals surface area contributed by atoms with Crippen molar-refractivity contribution in [2.75, 3.05) is 13.7 Å². The Kier molecular flexibility index (Phi) is 6.63. The fraction of sp³-hybridized carbons (Fsp3) is 0.409. The van der Waals surface area contributed by atoms with Crippen molar-refractivity contribution < 1.29 is 39.1 Å². The molecule has 5 N–H and O–H groups in total. The molecule has 3 rings (SSSR count). The van der Waals surface area contributed by atoms with Crippen molar-refractivity contribution in [3.05, 3.63) is 53.3 Å². The number of hydrogen-bond donors (Lipinski definition) is 5. The van der Waals surface area contributed by atoms with Crippen LogP contribution in [0.3, 0.4) is 0 Å². The molecule has 5 atom stereocenters. The first-order valence-electron chi connectivity index (χ1n) is 9.73. The van der Waals surface area contributed by atoms with Gasteiger partial charge in [-0.1, -0.05) is 6.07 Å². The second kappa shape index (κ2) is 8.89. The van der Waals surface area contributed by atoms with Gasteiger partial charge in [-0.15, -0.1) is 0 Å². The largest absolute Gasteiger partial charge is 0.461 e. The Morgan fingerprint density at radius 1 is 1.23 bits per heavy atom. The summed E-state index contributed by atoms with van der Waals surface area (Å²) in [5.74, 6) is -0.645. The molecule has 1 aliphatic rings. The fourth-order valence-electron chi connectivity index (χ4n) is 3.47. The second-order valence-electron chi connectivity index (χ2n) is 7.76. The molecule has 1 heterocycles. The van der Waals surface area contributed by atoms with E-state index in [2.05, 4.69) is 5.32 Å². The third-order valence-electron chi connectivity index (χ3n) is 5.39. The summed E-state index contributed by atoms with van der Waals surface area (Å²) in [6, 6.07) is 8.96. The van der Waals surface area contributed by atoms with E-state index in [0.29, 0.717) is 22.4 Å². The molecule has 0 spiro atoms. The predicted octanol–water partition coefficient (Wildman–Crippen LogP) is 0.730. The average Bonchev–Trinajstić information content (AvgIpc) is 2.74. The topological polar surface area (TPSA) is 128 Å². The van der Waals surface area contributed by atoms with Crippen molar-refractivity contribution in [1.82, 2.24) is 5.32 Å². The van der Waals surface area contributed by atoms with Gasteiger partial charge in [0.05, 0.1) is 6.61 Å². The van der Waals surface area contributed by atoms with Crippen LogP contribution >= 0.6 is 0 Å². The van der Waals surface area contributed by atoms with Gasteiger partial charge in [0.25, 0.3) is 5.91 Å². The van der Waals surface area contributed by atoms with Crippen LogP contribution in [-0.4, -0.2) is 70.2 Å². The number of aryl methyl sites for hydroxylation is 1. The quantitative estimate of drug-likeness (QED) is 0.468. The van der Waals surface area contributed by atoms with Gasteiger partial charge < -0.3 is 35.2 Å². The van der Waals surface area contributed by atoms with Gasteiger partial charge in [-0.25, -0.2) is 4.39 Å². The number of halogens is 1. The summed E-state index contributed by atoms with van der Waals surface area (Å²) in [4.78, 5) is 11.9. The third-order valence-corrected chi connectivity index (χ3v) is 5.39. The van der Waals surface area contributed by atoms with Gasteiger partial charge >= 0.3 is 0 Å². The molecule has 1 amide bonds. The molecule has 8 nitrogen and oxygen atoms in total. The molecule has 1 fully saturated rings. The second-order valence-corrected chi connectivity index (χ2v) is 7.76. The van der Waals surface area contributed by atoms with Crippen LogP contribution in [0.1, 0.15) is 22.8 Å². The number of carbonyl (C=O) groups is 1. The van der Waals surface area contributed by atoms with Crippen LogP contribution in [0.25, 0.3) is 11.1 Å². The first kappa shape index (κ1) is 23.1. The van der Waals surface area contributed by atoms with Gasteiger partial charge in [-0.3, -0.25) is 4.79 Å². The Morgan fingerprint density at radius 2 is 1.94 bits per heavy atom. The van der Waals surface area contributed by atoms with Crippen molar-refractivity contribution >= 4 is 5.91 Å². The predicted molar refractivity (Wildman–Crippen MR) is 109 cm³/mol. The lowest BCUT2D eigenvalue weighted by Crippen LogP contribution is -2.66. The Morgan fingerprint density at radius 3 is 2.55 bits per heavy atom. The number of rotatable bonds is 5. The summed E-state index contributed by atoms with van der Waals surface area (Å²) in [6.07, 6.45) is -5.57. The first-order valence-corrected chi connectivity index (χ1v) is 9.73. The van der Waals surface area contributed by atoms with E-state index in [1.54, 1.807) is 31.2 Å². The monoisotopic (exact) mass is 435 g/mol. The molecule has 2 aromatic carbocycles. The van der Waals surface area contributed by atoms with Crippen molar-refractivity contribution in [1.29, 1.82) is 0 Å². The summed E-state index contributed by atoms with van der Waals surface area (Å²) >= 11 is 0. The number of aliphatic hydroxyl groups excluding tert-OH is 3. The smallest absolute Gasteiger partial charge is 0.251 e. The molecule has 9 heteroatoms. The standard InChI is InChI=1S/C22H26FNO7/c1-11-6-12(13-7-14(20(28)24-3)9-15(23)8-13)4-5-16(11)30-21-22(2,29)19(27)18(26)17(10-25)31-21/h4-9,17-19,21,25-27,29H,10H2,1-3H3,(H,24,28)/t17-,18-,19+,21+,22-/m1/s1. The maximum absolute atomic E-state index is 14.0. The summed E-state index contributed by atoms with van der Waals surface area (Å²) in [5.41, 5.74) is -0.0163. The van der Waals surface area contributed by atoms with Crippen LogP contribution in [0.4, 0.5) is 4.39 Å². The Labute approximate surface area is 178 Å². The zero-order chi connectivity index (χ0) is 22.9. The molecule has 2 aromatic rings.